The number of benzene rings is 1. The van der Waals surface area contributed by atoms with Crippen LogP contribution in [0.3, 0.4) is 0 Å². The summed E-state index contributed by atoms with van der Waals surface area (Å²) in [6, 6.07) is 6.92. The van der Waals surface area contributed by atoms with Crippen LogP contribution in [0.1, 0.15) is 58.3 Å². The summed E-state index contributed by atoms with van der Waals surface area (Å²) in [5, 5.41) is 19.5. The summed E-state index contributed by atoms with van der Waals surface area (Å²) in [4.78, 5) is 26.7. The van der Waals surface area contributed by atoms with Crippen molar-refractivity contribution >= 4 is 23.9 Å². The Morgan fingerprint density at radius 1 is 1.29 bits per heavy atom. The van der Waals surface area contributed by atoms with Gasteiger partial charge in [-0.15, -0.1) is 5.10 Å². The van der Waals surface area contributed by atoms with E-state index in [1.54, 1.807) is 24.3 Å². The van der Waals surface area contributed by atoms with Crippen LogP contribution in [-0.2, 0) is 11.3 Å². The molecular weight excluding hydrogens is 442 g/mol. The maximum Gasteiger partial charge on any atom is 0.337 e. The molecule has 3 aromatic rings. The molecule has 1 aliphatic heterocycles. The number of aromatic nitrogens is 5. The Bertz CT molecular complexity index is 1190. The summed E-state index contributed by atoms with van der Waals surface area (Å²) >= 11 is 0. The van der Waals surface area contributed by atoms with Crippen LogP contribution < -0.4 is 11.2 Å². The van der Waals surface area contributed by atoms with Gasteiger partial charge in [-0.2, -0.15) is 9.78 Å². The third-order valence-electron chi connectivity index (χ3n) is 5.68. The highest BCUT2D eigenvalue weighted by atomic mass is 16.6. The summed E-state index contributed by atoms with van der Waals surface area (Å²) in [6.45, 7) is 3.45. The number of methoxy groups -OCH3 is 1. The summed E-state index contributed by atoms with van der Waals surface area (Å²) in [5.41, 5.74) is 10.0. The molecule has 3 heterocycles. The van der Waals surface area contributed by atoms with Crippen LogP contribution in [0.4, 0.5) is 5.82 Å². The van der Waals surface area contributed by atoms with Crippen molar-refractivity contribution < 1.29 is 19.0 Å². The zero-order valence-corrected chi connectivity index (χ0v) is 18.8. The second-order valence-electron chi connectivity index (χ2n) is 7.90. The monoisotopic (exact) mass is 467 g/mol. The molecule has 13 nitrogen and oxygen atoms in total. The number of nitrogen functional groups attached to an aromatic ring is 1. The Labute approximate surface area is 194 Å². The van der Waals surface area contributed by atoms with Gasteiger partial charge in [-0.3, -0.25) is 9.69 Å². The van der Waals surface area contributed by atoms with Gasteiger partial charge in [0, 0.05) is 12.6 Å². The van der Waals surface area contributed by atoms with Crippen molar-refractivity contribution in [3.8, 4) is 5.82 Å². The van der Waals surface area contributed by atoms with Crippen LogP contribution in [-0.4, -0.2) is 68.0 Å². The molecule has 1 aromatic carbocycles. The van der Waals surface area contributed by atoms with Gasteiger partial charge in [0.25, 0.3) is 5.91 Å². The second kappa shape index (κ2) is 10.2. The minimum atomic E-state index is -0.539. The fourth-order valence-corrected chi connectivity index (χ4v) is 3.75. The molecule has 1 fully saturated rings. The zero-order chi connectivity index (χ0) is 24.1. The minimum Gasteiger partial charge on any atom is -0.465 e. The number of nitrogens with zero attached hydrogens (tertiary/aromatic N) is 7. The van der Waals surface area contributed by atoms with Crippen LogP contribution in [0, 0.1) is 0 Å². The quantitative estimate of drug-likeness (QED) is 0.292. The van der Waals surface area contributed by atoms with E-state index < -0.39 is 11.9 Å². The molecule has 178 valence electrons. The van der Waals surface area contributed by atoms with E-state index in [0.717, 1.165) is 25.8 Å². The number of hydrogen-bond acceptors (Lipinski definition) is 11. The van der Waals surface area contributed by atoms with E-state index in [9.17, 15) is 9.59 Å². The average molecular weight is 467 g/mol. The van der Waals surface area contributed by atoms with Crippen molar-refractivity contribution in [3.05, 3.63) is 46.8 Å². The third kappa shape index (κ3) is 4.93. The topological polar surface area (TPSA) is 167 Å². The maximum atomic E-state index is 12.9. The largest absolute Gasteiger partial charge is 0.465 e. The molecular formula is C21H25N9O4. The van der Waals surface area contributed by atoms with Gasteiger partial charge in [-0.05, 0) is 54.3 Å². The van der Waals surface area contributed by atoms with Gasteiger partial charge in [-0.1, -0.05) is 23.8 Å². The van der Waals surface area contributed by atoms with E-state index in [4.69, 9.17) is 10.4 Å². The smallest absolute Gasteiger partial charge is 0.337 e. The summed E-state index contributed by atoms with van der Waals surface area (Å²) < 4.78 is 10.7. The Kier molecular flexibility index (Phi) is 6.92. The van der Waals surface area contributed by atoms with Gasteiger partial charge in [0.15, 0.2) is 5.69 Å². The average Bonchev–Trinajstić information content (AvgIpc) is 3.46. The first kappa shape index (κ1) is 23.0. The molecule has 1 atom stereocenters. The number of likely N-dealkylation sites (tertiary alicyclic amines) is 1. The van der Waals surface area contributed by atoms with E-state index in [0.29, 0.717) is 29.4 Å². The SMILES string of the molecule is COC(=O)c1ccc(/C=N\NC(=O)c2nnn(-c3nonc3N)c2CN2CCCCC2C)cc1. The molecule has 0 saturated carbocycles. The lowest BCUT2D eigenvalue weighted by molar-refractivity contribution is 0.0600. The predicted octanol–water partition coefficient (Wildman–Crippen LogP) is 1.16. The molecule has 0 spiro atoms. The van der Waals surface area contributed by atoms with Crippen LogP contribution in [0.25, 0.3) is 5.82 Å². The van der Waals surface area contributed by atoms with E-state index in [1.807, 2.05) is 0 Å². The number of carbonyl (C=O) groups is 2. The lowest BCUT2D eigenvalue weighted by Crippen LogP contribution is -2.38. The lowest BCUT2D eigenvalue weighted by Gasteiger charge is -2.33. The highest BCUT2D eigenvalue weighted by Crippen LogP contribution is 2.22. The number of anilines is 1. The number of hydrazone groups is 1. The van der Waals surface area contributed by atoms with Crippen LogP contribution in [0.2, 0.25) is 0 Å². The molecule has 13 heteroatoms. The molecule has 34 heavy (non-hydrogen) atoms. The highest BCUT2D eigenvalue weighted by Gasteiger charge is 2.28. The van der Waals surface area contributed by atoms with Crippen molar-refractivity contribution in [2.75, 3.05) is 19.4 Å². The number of hydrogen-bond donors (Lipinski definition) is 2. The molecule has 1 unspecified atom stereocenters. The van der Waals surface area contributed by atoms with Crippen molar-refractivity contribution in [3.63, 3.8) is 0 Å². The predicted molar refractivity (Wildman–Crippen MR) is 120 cm³/mol. The number of nitrogens with one attached hydrogen (secondary N) is 1. The van der Waals surface area contributed by atoms with Gasteiger partial charge < -0.3 is 10.5 Å². The Balaban J connectivity index is 1.53. The van der Waals surface area contributed by atoms with Crippen LogP contribution >= 0.6 is 0 Å². The number of ether oxygens (including phenoxy) is 1. The van der Waals surface area contributed by atoms with Gasteiger partial charge in [0.1, 0.15) is 0 Å². The molecule has 1 aliphatic rings. The van der Waals surface area contributed by atoms with E-state index in [-0.39, 0.29) is 17.3 Å². The summed E-state index contributed by atoms with van der Waals surface area (Å²) in [7, 11) is 1.32. The molecule has 0 radical (unpaired) electrons. The van der Waals surface area contributed by atoms with Gasteiger partial charge >= 0.3 is 5.97 Å². The lowest BCUT2D eigenvalue weighted by atomic mass is 10.0. The van der Waals surface area contributed by atoms with E-state index in [1.165, 1.54) is 18.0 Å². The fourth-order valence-electron chi connectivity index (χ4n) is 3.75. The molecule has 1 amide bonds. The fraction of sp³-hybridized carbons (Fsp3) is 0.381. The number of rotatable bonds is 7. The number of nitrogens with two attached hydrogens (primary N) is 1. The Morgan fingerprint density at radius 3 is 2.76 bits per heavy atom. The standard InChI is InChI=1S/C21H25N9O4/c1-13-5-3-4-10-29(13)12-16-17(24-28-30(16)19-18(22)26-34-27-19)20(31)25-23-11-14-6-8-15(9-7-14)21(32)33-2/h6-9,11,13H,3-5,10,12H2,1-2H3,(H2,22,26)(H,25,31)/b23-11-. The normalized spacial score (nSPS) is 16.6. The second-order valence-corrected chi connectivity index (χ2v) is 7.90. The summed E-state index contributed by atoms with van der Waals surface area (Å²) in [6.07, 6.45) is 4.75. The van der Waals surface area contributed by atoms with E-state index >= 15 is 0 Å². The van der Waals surface area contributed by atoms with Gasteiger partial charge in [0.05, 0.1) is 24.6 Å². The number of carbonyl (C=O) groups excluding carboxylic acids is 2. The van der Waals surface area contributed by atoms with E-state index in [2.05, 4.69) is 47.7 Å². The number of amides is 1. The van der Waals surface area contributed by atoms with Crippen LogP contribution in [0.15, 0.2) is 34.0 Å². The Morgan fingerprint density at radius 2 is 2.09 bits per heavy atom. The minimum absolute atomic E-state index is 0.0400. The number of esters is 1. The molecule has 2 aromatic heterocycles. The van der Waals surface area contributed by atoms with Crippen molar-refractivity contribution in [2.24, 2.45) is 5.10 Å². The first-order valence-electron chi connectivity index (χ1n) is 10.8. The third-order valence-corrected chi connectivity index (χ3v) is 5.68. The first-order valence-corrected chi connectivity index (χ1v) is 10.8. The van der Waals surface area contributed by atoms with Gasteiger partial charge in [-0.25, -0.2) is 14.8 Å². The maximum absolute atomic E-state index is 12.9. The Hall–Kier alpha value is -4.13. The highest BCUT2D eigenvalue weighted by molar-refractivity contribution is 5.94. The van der Waals surface area contributed by atoms with Crippen molar-refractivity contribution in [1.29, 1.82) is 0 Å². The molecule has 3 N–H and O–H groups in total. The molecule has 0 aliphatic carbocycles. The van der Waals surface area contributed by atoms with Crippen LogP contribution in [0.5, 0.6) is 0 Å². The van der Waals surface area contributed by atoms with Crippen molar-refractivity contribution in [1.82, 2.24) is 35.6 Å². The molecule has 0 bridgehead atoms. The van der Waals surface area contributed by atoms with Gasteiger partial charge in [0.2, 0.25) is 11.6 Å². The first-order chi connectivity index (χ1) is 16.5. The van der Waals surface area contributed by atoms with Crippen molar-refractivity contribution in [2.45, 2.75) is 38.8 Å². The summed E-state index contributed by atoms with van der Waals surface area (Å²) in [5.74, 6) is -0.764. The molecule has 4 rings (SSSR count). The number of piperidine rings is 1. The molecule has 1 saturated heterocycles. The zero-order valence-electron chi connectivity index (χ0n) is 18.8.